The molecule has 0 N–H and O–H groups in total. The van der Waals surface area contributed by atoms with E-state index in [0.717, 1.165) is 10.8 Å². The Bertz CT molecular complexity index is 284. The molecule has 6 aliphatic rings. The molecule has 4 unspecified atom stereocenters. The molecule has 6 aliphatic carbocycles. The van der Waals surface area contributed by atoms with Crippen molar-refractivity contribution in [1.29, 1.82) is 0 Å². The first-order chi connectivity index (χ1) is 5.95. The lowest BCUT2D eigenvalue weighted by atomic mass is 9.68. The fourth-order valence-electron chi connectivity index (χ4n) is 7.18. The third-order valence-corrected chi connectivity index (χ3v) is 7.18. The van der Waals surface area contributed by atoms with Crippen LogP contribution >= 0.6 is 0 Å². The number of hydrogen-bond acceptors (Lipinski definition) is 0. The minimum Gasteiger partial charge on any atom is -0.0493 e. The fourth-order valence-corrected chi connectivity index (χ4v) is 7.18. The van der Waals surface area contributed by atoms with Crippen molar-refractivity contribution < 1.29 is 0 Å². The second kappa shape index (κ2) is 0.952. The largest absolute Gasteiger partial charge is 0.0493 e. The average Bonchev–Trinajstić information content (AvgIpc) is 2.88. The molecule has 0 amide bonds. The van der Waals surface area contributed by atoms with Crippen molar-refractivity contribution in [3.63, 3.8) is 0 Å². The average molecular weight is 158 g/mol. The van der Waals surface area contributed by atoms with Crippen LogP contribution in [0.3, 0.4) is 0 Å². The van der Waals surface area contributed by atoms with E-state index in [9.17, 15) is 0 Å². The topological polar surface area (TPSA) is 0 Å². The molecule has 12 heavy (non-hydrogen) atoms. The smallest absolute Gasteiger partial charge is 0.0136 e. The van der Waals surface area contributed by atoms with Gasteiger partial charge in [0.05, 0.1) is 0 Å². The van der Waals surface area contributed by atoms with Crippen molar-refractivity contribution in [3.8, 4) is 0 Å². The summed E-state index contributed by atoms with van der Waals surface area (Å²) in [4.78, 5) is 0. The van der Waals surface area contributed by atoms with E-state index in [0.29, 0.717) is 0 Å². The Morgan fingerprint density at radius 2 is 0.917 bits per heavy atom. The lowest BCUT2D eigenvalue weighted by Gasteiger charge is -2.36. The highest BCUT2D eigenvalue weighted by atomic mass is 15.1. The van der Waals surface area contributed by atoms with Crippen LogP contribution in [0.4, 0.5) is 0 Å². The van der Waals surface area contributed by atoms with Gasteiger partial charge in [0.2, 0.25) is 0 Å². The summed E-state index contributed by atoms with van der Waals surface area (Å²) in [6.45, 7) is 0. The molecule has 0 heteroatoms. The van der Waals surface area contributed by atoms with E-state index in [4.69, 9.17) is 0 Å². The zero-order chi connectivity index (χ0) is 7.29. The van der Waals surface area contributed by atoms with Crippen LogP contribution in [0, 0.1) is 46.3 Å². The van der Waals surface area contributed by atoms with Gasteiger partial charge in [-0.2, -0.15) is 0 Å². The molecule has 0 aromatic rings. The molecule has 0 heterocycles. The highest BCUT2D eigenvalue weighted by Crippen LogP contribution is 3.11. The van der Waals surface area contributed by atoms with Crippen LogP contribution in [0.2, 0.25) is 0 Å². The third kappa shape index (κ3) is 0.204. The van der Waals surface area contributed by atoms with E-state index < -0.39 is 0 Å². The molecule has 6 saturated carbocycles. The minimum atomic E-state index is 1.07. The Morgan fingerprint density at radius 1 is 0.583 bits per heavy atom. The molecule has 0 bridgehead atoms. The summed E-state index contributed by atoms with van der Waals surface area (Å²) in [5.41, 5.74) is 2.15. The van der Waals surface area contributed by atoms with Crippen LogP contribution in [0.15, 0.2) is 0 Å². The number of hydrogen-bond donors (Lipinski definition) is 0. The van der Waals surface area contributed by atoms with Crippen molar-refractivity contribution in [2.45, 2.75) is 25.7 Å². The molecule has 6 rings (SSSR count). The highest BCUT2D eigenvalue weighted by Gasteiger charge is 3.08. The molecule has 0 aliphatic heterocycles. The summed E-state index contributed by atoms with van der Waals surface area (Å²) in [5, 5.41) is 0. The second-order valence-electron chi connectivity index (χ2n) is 6.50. The zero-order valence-corrected chi connectivity index (χ0v) is 7.29. The maximum absolute atomic E-state index is 1.65. The van der Waals surface area contributed by atoms with Gasteiger partial charge < -0.3 is 0 Å². The number of rotatable bonds is 0. The summed E-state index contributed by atoms with van der Waals surface area (Å²) in [5.74, 6) is 7.76. The lowest BCUT2D eigenvalue weighted by Crippen LogP contribution is -2.30. The van der Waals surface area contributed by atoms with Crippen LogP contribution in [0.1, 0.15) is 25.7 Å². The molecule has 0 nitrogen and oxygen atoms in total. The van der Waals surface area contributed by atoms with Crippen LogP contribution < -0.4 is 0 Å². The minimum absolute atomic E-state index is 1.07. The predicted molar refractivity (Wildman–Crippen MR) is 44.3 cm³/mol. The van der Waals surface area contributed by atoms with Gasteiger partial charge in [-0.15, -0.1) is 0 Å². The fraction of sp³-hybridized carbons (Fsp3) is 1.00. The van der Waals surface area contributed by atoms with E-state index in [1.165, 1.54) is 35.5 Å². The lowest BCUT2D eigenvalue weighted by molar-refractivity contribution is 0.119. The molecular formula is C12H14. The van der Waals surface area contributed by atoms with Crippen LogP contribution in [-0.2, 0) is 0 Å². The first-order valence-corrected chi connectivity index (χ1v) is 5.95. The van der Waals surface area contributed by atoms with E-state index in [-0.39, 0.29) is 0 Å². The maximum Gasteiger partial charge on any atom is -0.0136 e. The van der Waals surface area contributed by atoms with Gasteiger partial charge in [-0.1, -0.05) is 0 Å². The van der Waals surface area contributed by atoms with Crippen molar-refractivity contribution in [2.75, 3.05) is 0 Å². The molecule has 0 saturated heterocycles. The second-order valence-corrected chi connectivity index (χ2v) is 6.50. The molecule has 0 radical (unpaired) electrons. The summed E-state index contributed by atoms with van der Waals surface area (Å²) in [7, 11) is 0. The Balaban J connectivity index is 1.69. The van der Waals surface area contributed by atoms with Gasteiger partial charge in [-0.25, -0.2) is 0 Å². The summed E-state index contributed by atoms with van der Waals surface area (Å²) < 4.78 is 0. The van der Waals surface area contributed by atoms with Crippen LogP contribution in [-0.4, -0.2) is 0 Å². The van der Waals surface area contributed by atoms with Gasteiger partial charge in [-0.05, 0) is 72.0 Å². The Kier molecular flexibility index (Phi) is 0.398. The van der Waals surface area contributed by atoms with Crippen LogP contribution in [0.5, 0.6) is 0 Å². The van der Waals surface area contributed by atoms with E-state index in [1.807, 2.05) is 0 Å². The summed E-state index contributed by atoms with van der Waals surface area (Å²) in [6, 6.07) is 0. The highest BCUT2D eigenvalue weighted by molar-refractivity contribution is 5.54. The molecule has 62 valence electrons. The van der Waals surface area contributed by atoms with Gasteiger partial charge in [0.25, 0.3) is 0 Å². The normalized spacial score (nSPS) is 94.0. The zero-order valence-electron chi connectivity index (χ0n) is 7.29. The Hall–Kier alpha value is 0. The van der Waals surface area contributed by atoms with Crippen molar-refractivity contribution in [3.05, 3.63) is 0 Å². The molecule has 0 aromatic heterocycles. The quantitative estimate of drug-likeness (QED) is 0.507. The van der Waals surface area contributed by atoms with Gasteiger partial charge >= 0.3 is 0 Å². The molecule has 4 atom stereocenters. The third-order valence-electron chi connectivity index (χ3n) is 7.18. The van der Waals surface area contributed by atoms with Gasteiger partial charge in [0.15, 0.2) is 0 Å². The Labute approximate surface area is 72.7 Å². The Morgan fingerprint density at radius 3 is 1.25 bits per heavy atom. The SMILES string of the molecule is C1CC2C3C4CCC5C6C1C56C243. The monoisotopic (exact) mass is 158 g/mol. The number of fused-ring (bicyclic) bond motifs is 4. The first-order valence-electron chi connectivity index (χ1n) is 5.95. The van der Waals surface area contributed by atoms with Crippen molar-refractivity contribution >= 4 is 0 Å². The van der Waals surface area contributed by atoms with Gasteiger partial charge in [-0.3, -0.25) is 0 Å². The molecule has 6 fully saturated rings. The molecule has 2 spiro atoms. The van der Waals surface area contributed by atoms with E-state index in [1.54, 1.807) is 25.7 Å². The summed E-state index contributed by atoms with van der Waals surface area (Å²) >= 11 is 0. The van der Waals surface area contributed by atoms with E-state index in [2.05, 4.69) is 0 Å². The van der Waals surface area contributed by atoms with Crippen molar-refractivity contribution in [2.24, 2.45) is 46.3 Å². The first kappa shape index (κ1) is 5.02. The van der Waals surface area contributed by atoms with E-state index >= 15 is 0 Å². The molecule has 0 aromatic carbocycles. The standard InChI is InChI=1S/C12H14/c1-2-6-10-8-4-3-7-9-5(1)11(7,9)12(6,8)10/h5-10H,1-4H2. The molecular weight excluding hydrogens is 144 g/mol. The maximum atomic E-state index is 1.65. The van der Waals surface area contributed by atoms with Crippen molar-refractivity contribution in [1.82, 2.24) is 0 Å². The van der Waals surface area contributed by atoms with Crippen LogP contribution in [0.25, 0.3) is 0 Å². The van der Waals surface area contributed by atoms with Gasteiger partial charge in [0.1, 0.15) is 0 Å². The summed E-state index contributed by atoms with van der Waals surface area (Å²) in [6.07, 6.45) is 6.60. The van der Waals surface area contributed by atoms with Gasteiger partial charge in [0, 0.05) is 0 Å². The predicted octanol–water partition coefficient (Wildman–Crippen LogP) is 2.30.